The fourth-order valence-corrected chi connectivity index (χ4v) is 2.43. The van der Waals surface area contributed by atoms with Gasteiger partial charge in [0, 0.05) is 0 Å². The Hall–Kier alpha value is -0.823. The molecule has 15 heavy (non-hydrogen) atoms. The molecule has 1 aromatic rings. The van der Waals surface area contributed by atoms with Crippen molar-refractivity contribution in [1.82, 2.24) is 0 Å². The average molecular weight is 216 g/mol. The Kier molecular flexibility index (Phi) is 4.83. The molecule has 0 aromatic heterocycles. The molecule has 0 saturated carbocycles. The zero-order chi connectivity index (χ0) is 11.3. The molecular formula is C14H20Si. The lowest BCUT2D eigenvalue weighted by atomic mass is 9.92. The quantitative estimate of drug-likeness (QED) is 0.678. The van der Waals surface area contributed by atoms with Crippen LogP contribution in [0.5, 0.6) is 0 Å². The van der Waals surface area contributed by atoms with Crippen LogP contribution in [0.4, 0.5) is 0 Å². The molecule has 0 amide bonds. The maximum absolute atomic E-state index is 2.39. The van der Waals surface area contributed by atoms with E-state index in [0.29, 0.717) is 5.92 Å². The van der Waals surface area contributed by atoms with Gasteiger partial charge in [0.1, 0.15) is 9.52 Å². The molecule has 0 spiro atoms. The lowest BCUT2D eigenvalue weighted by molar-refractivity contribution is 0.481. The SMILES string of the molecule is C/C(=C\[Si]c1ccccc1)C(C)C(C)C. The van der Waals surface area contributed by atoms with Crippen molar-refractivity contribution in [2.45, 2.75) is 27.7 Å². The second-order valence-electron chi connectivity index (χ2n) is 4.43. The molecule has 0 fully saturated rings. The highest BCUT2D eigenvalue weighted by atomic mass is 28.2. The van der Waals surface area contributed by atoms with E-state index in [0.717, 1.165) is 15.4 Å². The van der Waals surface area contributed by atoms with Crippen LogP contribution in [0, 0.1) is 11.8 Å². The lowest BCUT2D eigenvalue weighted by Gasteiger charge is -2.16. The second kappa shape index (κ2) is 5.91. The lowest BCUT2D eigenvalue weighted by Crippen LogP contribution is -2.13. The predicted molar refractivity (Wildman–Crippen MR) is 69.6 cm³/mol. The molecule has 1 atom stereocenters. The van der Waals surface area contributed by atoms with E-state index in [4.69, 9.17) is 0 Å². The van der Waals surface area contributed by atoms with E-state index < -0.39 is 0 Å². The van der Waals surface area contributed by atoms with E-state index in [1.54, 1.807) is 0 Å². The summed E-state index contributed by atoms with van der Waals surface area (Å²) >= 11 is 0. The first-order valence-electron chi connectivity index (χ1n) is 5.59. The van der Waals surface area contributed by atoms with Crippen molar-refractivity contribution in [3.63, 3.8) is 0 Å². The predicted octanol–water partition coefficient (Wildman–Crippen LogP) is 3.21. The minimum absolute atomic E-state index is 0.696. The van der Waals surface area contributed by atoms with E-state index in [-0.39, 0.29) is 0 Å². The molecule has 0 bridgehead atoms. The summed E-state index contributed by atoms with van der Waals surface area (Å²) in [5.74, 6) is 1.43. The Balaban J connectivity index is 2.58. The summed E-state index contributed by atoms with van der Waals surface area (Å²) in [6, 6.07) is 10.7. The molecule has 0 aliphatic heterocycles. The molecule has 0 saturated heterocycles. The number of rotatable bonds is 4. The van der Waals surface area contributed by atoms with E-state index in [1.807, 2.05) is 0 Å². The van der Waals surface area contributed by atoms with Gasteiger partial charge in [0.2, 0.25) is 0 Å². The molecule has 1 rings (SSSR count). The fourth-order valence-electron chi connectivity index (χ4n) is 1.39. The van der Waals surface area contributed by atoms with E-state index in [9.17, 15) is 0 Å². The van der Waals surface area contributed by atoms with Gasteiger partial charge >= 0.3 is 0 Å². The van der Waals surface area contributed by atoms with Crippen LogP contribution in [-0.2, 0) is 0 Å². The van der Waals surface area contributed by atoms with Gasteiger partial charge in [0.05, 0.1) is 0 Å². The van der Waals surface area contributed by atoms with Crippen LogP contribution in [0.3, 0.4) is 0 Å². The first-order valence-corrected chi connectivity index (χ1v) is 6.67. The zero-order valence-corrected chi connectivity index (χ0v) is 11.1. The maximum Gasteiger partial charge on any atom is 0.111 e. The normalized spacial score (nSPS) is 14.3. The molecule has 0 heterocycles. The first-order chi connectivity index (χ1) is 7.11. The number of benzene rings is 1. The van der Waals surface area contributed by atoms with Crippen LogP contribution < -0.4 is 5.19 Å². The molecule has 1 aromatic carbocycles. The van der Waals surface area contributed by atoms with Crippen molar-refractivity contribution in [3.05, 3.63) is 41.6 Å². The molecule has 80 valence electrons. The van der Waals surface area contributed by atoms with Crippen LogP contribution in [-0.4, -0.2) is 9.52 Å². The van der Waals surface area contributed by atoms with Crippen molar-refractivity contribution >= 4 is 14.7 Å². The highest BCUT2D eigenvalue weighted by Crippen LogP contribution is 2.18. The van der Waals surface area contributed by atoms with Crippen LogP contribution in [0.25, 0.3) is 0 Å². The summed E-state index contributed by atoms with van der Waals surface area (Å²) in [5, 5.41) is 1.42. The second-order valence-corrected chi connectivity index (χ2v) is 5.59. The molecule has 1 unspecified atom stereocenters. The Morgan fingerprint density at radius 1 is 1.13 bits per heavy atom. The largest absolute Gasteiger partial charge is 0.111 e. The maximum atomic E-state index is 2.39. The molecule has 0 N–H and O–H groups in total. The number of hydrogen-bond donors (Lipinski definition) is 0. The summed E-state index contributed by atoms with van der Waals surface area (Å²) in [4.78, 5) is 0. The van der Waals surface area contributed by atoms with Crippen molar-refractivity contribution in [1.29, 1.82) is 0 Å². The summed E-state index contributed by atoms with van der Waals surface area (Å²) < 4.78 is 0. The molecule has 1 heteroatoms. The highest BCUT2D eigenvalue weighted by Gasteiger charge is 2.08. The van der Waals surface area contributed by atoms with Gasteiger partial charge in [0.25, 0.3) is 0 Å². The third-order valence-electron chi connectivity index (χ3n) is 2.96. The van der Waals surface area contributed by atoms with E-state index in [2.05, 4.69) is 63.7 Å². The Bertz CT molecular complexity index is 311. The van der Waals surface area contributed by atoms with Crippen molar-refractivity contribution in [3.8, 4) is 0 Å². The van der Waals surface area contributed by atoms with Gasteiger partial charge < -0.3 is 0 Å². The summed E-state index contributed by atoms with van der Waals surface area (Å²) in [7, 11) is 0.808. The standard InChI is InChI=1S/C14H20Si/c1-11(2)13(4)12(3)10-15-14-8-6-5-7-9-14/h5-11,13H,1-4H3/b12-10+. The van der Waals surface area contributed by atoms with Gasteiger partial charge in [-0.15, -0.1) is 0 Å². The number of hydrogen-bond acceptors (Lipinski definition) is 0. The Morgan fingerprint density at radius 2 is 1.73 bits per heavy atom. The van der Waals surface area contributed by atoms with E-state index in [1.165, 1.54) is 10.8 Å². The Labute approximate surface area is 96.2 Å². The minimum Gasteiger partial charge on any atom is -0.0941 e. The van der Waals surface area contributed by atoms with Crippen LogP contribution >= 0.6 is 0 Å². The van der Waals surface area contributed by atoms with Gasteiger partial charge in [-0.1, -0.05) is 67.6 Å². The van der Waals surface area contributed by atoms with Gasteiger partial charge in [-0.3, -0.25) is 0 Å². The van der Waals surface area contributed by atoms with Gasteiger partial charge in [-0.05, 0) is 18.8 Å². The highest BCUT2D eigenvalue weighted by molar-refractivity contribution is 6.58. The van der Waals surface area contributed by atoms with Crippen molar-refractivity contribution in [2.75, 3.05) is 0 Å². The van der Waals surface area contributed by atoms with Crippen molar-refractivity contribution < 1.29 is 0 Å². The van der Waals surface area contributed by atoms with Crippen LogP contribution in [0.1, 0.15) is 27.7 Å². The summed E-state index contributed by atoms with van der Waals surface area (Å²) in [6.45, 7) is 9.13. The topological polar surface area (TPSA) is 0 Å². The van der Waals surface area contributed by atoms with Gasteiger partial charge in [-0.2, -0.15) is 0 Å². The monoisotopic (exact) mass is 216 g/mol. The number of allylic oxidation sites excluding steroid dienone is 1. The van der Waals surface area contributed by atoms with Crippen molar-refractivity contribution in [2.24, 2.45) is 11.8 Å². The van der Waals surface area contributed by atoms with Crippen LogP contribution in [0.2, 0.25) is 0 Å². The molecule has 0 nitrogen and oxygen atoms in total. The van der Waals surface area contributed by atoms with Crippen LogP contribution in [0.15, 0.2) is 41.6 Å². The zero-order valence-electron chi connectivity index (χ0n) is 10.1. The molecule has 2 radical (unpaired) electrons. The molecular weight excluding hydrogens is 196 g/mol. The average Bonchev–Trinajstić information content (AvgIpc) is 2.26. The first kappa shape index (κ1) is 12.2. The van der Waals surface area contributed by atoms with Gasteiger partial charge in [-0.25, -0.2) is 0 Å². The smallest absolute Gasteiger partial charge is 0.0941 e. The fraction of sp³-hybridized carbons (Fsp3) is 0.429. The third-order valence-corrected chi connectivity index (χ3v) is 4.22. The summed E-state index contributed by atoms with van der Waals surface area (Å²) in [5.41, 5.74) is 3.91. The molecule has 0 aliphatic rings. The van der Waals surface area contributed by atoms with Gasteiger partial charge in [0.15, 0.2) is 0 Å². The molecule has 0 aliphatic carbocycles. The third kappa shape index (κ3) is 4.04. The Morgan fingerprint density at radius 3 is 2.27 bits per heavy atom. The minimum atomic E-state index is 0.696. The van der Waals surface area contributed by atoms with E-state index >= 15 is 0 Å². The summed E-state index contributed by atoms with van der Waals surface area (Å²) in [6.07, 6.45) is 0.